The first-order valence-corrected chi connectivity index (χ1v) is 13.3. The summed E-state index contributed by atoms with van der Waals surface area (Å²) < 4.78 is 13.1. The molecule has 38 heavy (non-hydrogen) atoms. The monoisotopic (exact) mass is 482 g/mol. The van der Waals surface area contributed by atoms with Crippen LogP contribution in [0.15, 0.2) is 118 Å². The fraction of sp³-hybridized carbons (Fsp3) is 0.0556. The molecule has 0 bridgehead atoms. The molecule has 0 N–H and O–H groups in total. The number of benzene rings is 6. The second-order valence-electron chi connectivity index (χ2n) is 11.1. The molecule has 0 spiro atoms. The van der Waals surface area contributed by atoms with E-state index in [1.54, 1.807) is 0 Å². The van der Waals surface area contributed by atoms with Crippen molar-refractivity contribution in [3.05, 3.63) is 143 Å². The Hall–Kier alpha value is -4.82. The molecule has 0 aliphatic heterocycles. The van der Waals surface area contributed by atoms with Gasteiger partial charge in [-0.05, 0) is 68.4 Å². The topological polar surface area (TPSA) is 26.3 Å². The predicted octanol–water partition coefficient (Wildman–Crippen LogP) is 8.95. The number of hydrogen-bond donors (Lipinski definition) is 0. The fourth-order valence-electron chi connectivity index (χ4n) is 9.03. The van der Waals surface area contributed by atoms with E-state index in [1.807, 2.05) is 0 Å². The molecule has 2 nitrogen and oxygen atoms in total. The van der Waals surface area contributed by atoms with Crippen molar-refractivity contribution in [3.63, 3.8) is 0 Å². The zero-order valence-corrected chi connectivity index (χ0v) is 20.2. The summed E-state index contributed by atoms with van der Waals surface area (Å²) in [5.74, 6) is 0. The fourth-order valence-corrected chi connectivity index (χ4v) is 9.03. The van der Waals surface area contributed by atoms with Gasteiger partial charge >= 0.3 is 0 Å². The standard InChI is InChI=1S/C36H18O2/c1-7-19-8-2-10-21-30(19)20(9-1)35-22-11-3-15-26-31(22)33-24(13-5-17-28(33)37-26)36(21,35)25-14-6-18-29-34(25)32-23(35)12-4-16-27(32)38-29/h1-18H. The van der Waals surface area contributed by atoms with Crippen molar-refractivity contribution in [2.24, 2.45) is 0 Å². The van der Waals surface area contributed by atoms with Crippen LogP contribution in [0.4, 0.5) is 0 Å². The summed E-state index contributed by atoms with van der Waals surface area (Å²) in [5, 5.41) is 7.65. The lowest BCUT2D eigenvalue weighted by Crippen LogP contribution is -2.52. The Balaban J connectivity index is 1.59. The molecular weight excluding hydrogens is 464 g/mol. The van der Waals surface area contributed by atoms with Crippen LogP contribution in [-0.2, 0) is 10.8 Å². The van der Waals surface area contributed by atoms with Crippen molar-refractivity contribution >= 4 is 54.6 Å². The third kappa shape index (κ3) is 1.53. The van der Waals surface area contributed by atoms with E-state index in [0.29, 0.717) is 0 Å². The van der Waals surface area contributed by atoms with Crippen LogP contribution in [0.3, 0.4) is 0 Å². The summed E-state index contributed by atoms with van der Waals surface area (Å²) in [6.07, 6.45) is 0. The Morgan fingerprint density at radius 2 is 0.605 bits per heavy atom. The Labute approximate surface area is 216 Å². The van der Waals surface area contributed by atoms with E-state index in [9.17, 15) is 0 Å². The maximum atomic E-state index is 6.57. The van der Waals surface area contributed by atoms with E-state index in [4.69, 9.17) is 8.83 Å². The van der Waals surface area contributed by atoms with E-state index >= 15 is 0 Å². The lowest BCUT2D eigenvalue weighted by molar-refractivity contribution is 0.447. The van der Waals surface area contributed by atoms with Gasteiger partial charge < -0.3 is 8.83 Å². The molecule has 0 atom stereocenters. The molecule has 2 aromatic heterocycles. The first kappa shape index (κ1) is 18.4. The lowest BCUT2D eigenvalue weighted by Gasteiger charge is -2.53. The van der Waals surface area contributed by atoms with Gasteiger partial charge in [0.05, 0.1) is 10.8 Å². The maximum absolute atomic E-state index is 6.57. The Morgan fingerprint density at radius 1 is 0.316 bits per heavy atom. The Kier molecular flexibility index (Phi) is 2.68. The third-order valence-corrected chi connectivity index (χ3v) is 9.94. The van der Waals surface area contributed by atoms with E-state index in [1.165, 1.54) is 65.7 Å². The molecule has 2 heteroatoms. The minimum absolute atomic E-state index is 0.467. The second kappa shape index (κ2) is 5.54. The maximum Gasteiger partial charge on any atom is 0.135 e. The molecule has 3 aliphatic carbocycles. The predicted molar refractivity (Wildman–Crippen MR) is 151 cm³/mol. The highest BCUT2D eigenvalue weighted by Gasteiger charge is 2.67. The Morgan fingerprint density at radius 3 is 0.947 bits per heavy atom. The van der Waals surface area contributed by atoms with Crippen molar-refractivity contribution in [1.29, 1.82) is 0 Å². The van der Waals surface area contributed by atoms with Crippen LogP contribution in [0.2, 0.25) is 0 Å². The van der Waals surface area contributed by atoms with Gasteiger partial charge in [-0.1, -0.05) is 84.9 Å². The molecule has 11 rings (SSSR count). The van der Waals surface area contributed by atoms with Crippen LogP contribution in [0.25, 0.3) is 54.6 Å². The molecule has 0 saturated heterocycles. The van der Waals surface area contributed by atoms with Gasteiger partial charge in [0.2, 0.25) is 0 Å². The summed E-state index contributed by atoms with van der Waals surface area (Å²) in [4.78, 5) is 0. The molecule has 2 heterocycles. The summed E-state index contributed by atoms with van der Waals surface area (Å²) in [7, 11) is 0. The number of furan rings is 2. The molecule has 0 radical (unpaired) electrons. The van der Waals surface area contributed by atoms with Gasteiger partial charge in [-0.15, -0.1) is 0 Å². The van der Waals surface area contributed by atoms with Gasteiger partial charge in [0, 0.05) is 21.5 Å². The van der Waals surface area contributed by atoms with Crippen LogP contribution < -0.4 is 0 Å². The van der Waals surface area contributed by atoms with Crippen molar-refractivity contribution < 1.29 is 8.83 Å². The molecular formula is C36H18O2. The van der Waals surface area contributed by atoms with Crippen molar-refractivity contribution in [2.75, 3.05) is 0 Å². The van der Waals surface area contributed by atoms with Gasteiger partial charge in [-0.2, -0.15) is 0 Å². The van der Waals surface area contributed by atoms with Crippen LogP contribution in [0, 0.1) is 0 Å². The summed E-state index contributed by atoms with van der Waals surface area (Å²) in [6.45, 7) is 0. The summed E-state index contributed by atoms with van der Waals surface area (Å²) in [6, 6.07) is 40.4. The zero-order valence-electron chi connectivity index (χ0n) is 20.2. The number of hydrogen-bond acceptors (Lipinski definition) is 2. The SMILES string of the molecule is c1cc2c3c(cccc3c1)C13c4cccc5oc6cccc(c6c45)C21c1cccc2oc4cccc3c4c12. The molecule has 174 valence electrons. The molecule has 8 aromatic rings. The molecule has 0 unspecified atom stereocenters. The van der Waals surface area contributed by atoms with E-state index in [-0.39, 0.29) is 0 Å². The minimum Gasteiger partial charge on any atom is -0.456 e. The van der Waals surface area contributed by atoms with E-state index < -0.39 is 10.8 Å². The van der Waals surface area contributed by atoms with Gasteiger partial charge in [0.1, 0.15) is 22.3 Å². The molecule has 6 aromatic carbocycles. The lowest BCUT2D eigenvalue weighted by atomic mass is 9.45. The smallest absolute Gasteiger partial charge is 0.135 e. The third-order valence-electron chi connectivity index (χ3n) is 9.94. The average Bonchev–Trinajstić information content (AvgIpc) is 3.62. The highest BCUT2D eigenvalue weighted by atomic mass is 16.3. The van der Waals surface area contributed by atoms with Crippen LogP contribution in [0.1, 0.15) is 33.4 Å². The first-order chi connectivity index (χ1) is 18.8. The molecule has 0 fully saturated rings. The quantitative estimate of drug-likeness (QED) is 0.216. The zero-order chi connectivity index (χ0) is 24.4. The highest BCUT2D eigenvalue weighted by Crippen LogP contribution is 2.73. The minimum atomic E-state index is -0.467. The summed E-state index contributed by atoms with van der Waals surface area (Å²) in [5.41, 5.74) is 11.0. The normalized spacial score (nSPS) is 21.9. The van der Waals surface area contributed by atoms with Crippen LogP contribution in [0.5, 0.6) is 0 Å². The highest BCUT2D eigenvalue weighted by molar-refractivity contribution is 6.20. The van der Waals surface area contributed by atoms with Crippen molar-refractivity contribution in [1.82, 2.24) is 0 Å². The van der Waals surface area contributed by atoms with Crippen molar-refractivity contribution in [3.8, 4) is 0 Å². The average molecular weight is 483 g/mol. The summed E-state index contributed by atoms with van der Waals surface area (Å²) >= 11 is 0. The largest absolute Gasteiger partial charge is 0.456 e. The molecule has 3 aliphatic rings. The van der Waals surface area contributed by atoms with Gasteiger partial charge in [0.25, 0.3) is 0 Å². The molecule has 0 saturated carbocycles. The van der Waals surface area contributed by atoms with E-state index in [0.717, 1.165) is 22.3 Å². The molecule has 0 amide bonds. The van der Waals surface area contributed by atoms with Gasteiger partial charge in [0.15, 0.2) is 0 Å². The van der Waals surface area contributed by atoms with E-state index in [2.05, 4.69) is 109 Å². The Bertz CT molecular complexity index is 2130. The second-order valence-corrected chi connectivity index (χ2v) is 11.1. The first-order valence-electron chi connectivity index (χ1n) is 13.3. The van der Waals surface area contributed by atoms with Gasteiger partial charge in [-0.3, -0.25) is 0 Å². The van der Waals surface area contributed by atoms with Crippen LogP contribution >= 0.6 is 0 Å². The van der Waals surface area contributed by atoms with Crippen LogP contribution in [-0.4, -0.2) is 0 Å². The van der Waals surface area contributed by atoms with Crippen molar-refractivity contribution in [2.45, 2.75) is 10.8 Å². The van der Waals surface area contributed by atoms with Gasteiger partial charge in [-0.25, -0.2) is 0 Å². The number of rotatable bonds is 0.